The predicted octanol–water partition coefficient (Wildman–Crippen LogP) is 2.59. The van der Waals surface area contributed by atoms with E-state index >= 15 is 0 Å². The molecule has 0 aromatic heterocycles. The molecule has 1 heterocycles. The molecular formula is C15H23N3O. The van der Waals surface area contributed by atoms with E-state index in [1.165, 1.54) is 12.8 Å². The van der Waals surface area contributed by atoms with E-state index in [2.05, 4.69) is 16.0 Å². The third kappa shape index (κ3) is 4.56. The third-order valence-corrected chi connectivity index (χ3v) is 3.44. The summed E-state index contributed by atoms with van der Waals surface area (Å²) in [5, 5.41) is 9.83. The minimum Gasteiger partial charge on any atom is -0.382 e. The first kappa shape index (κ1) is 13.9. The Bertz CT molecular complexity index is 394. The van der Waals surface area contributed by atoms with E-state index in [0.717, 1.165) is 30.9 Å². The van der Waals surface area contributed by atoms with Crippen molar-refractivity contribution in [1.29, 1.82) is 0 Å². The van der Waals surface area contributed by atoms with Gasteiger partial charge >= 0.3 is 0 Å². The van der Waals surface area contributed by atoms with Crippen molar-refractivity contribution in [2.45, 2.75) is 38.6 Å². The Morgan fingerprint density at radius 2 is 1.95 bits per heavy atom. The van der Waals surface area contributed by atoms with E-state index in [-0.39, 0.29) is 5.91 Å². The fourth-order valence-corrected chi connectivity index (χ4v) is 2.30. The van der Waals surface area contributed by atoms with Gasteiger partial charge in [0.15, 0.2) is 0 Å². The van der Waals surface area contributed by atoms with Gasteiger partial charge in [-0.05, 0) is 56.6 Å². The van der Waals surface area contributed by atoms with Crippen LogP contribution < -0.4 is 16.0 Å². The molecule has 1 saturated heterocycles. The van der Waals surface area contributed by atoms with Crippen LogP contribution in [0, 0.1) is 0 Å². The van der Waals surface area contributed by atoms with Crippen molar-refractivity contribution >= 4 is 17.3 Å². The molecule has 0 radical (unpaired) electrons. The van der Waals surface area contributed by atoms with E-state index in [9.17, 15) is 4.79 Å². The molecule has 1 atom stereocenters. The van der Waals surface area contributed by atoms with Crippen LogP contribution in [0.5, 0.6) is 0 Å². The highest BCUT2D eigenvalue weighted by atomic mass is 16.1. The van der Waals surface area contributed by atoms with Gasteiger partial charge in [0.05, 0.1) is 0 Å². The van der Waals surface area contributed by atoms with Crippen molar-refractivity contribution in [3.63, 3.8) is 0 Å². The smallest absolute Gasteiger partial charge is 0.224 e. The second-order valence-corrected chi connectivity index (χ2v) is 5.00. The van der Waals surface area contributed by atoms with Crippen molar-refractivity contribution in [3.05, 3.63) is 24.3 Å². The van der Waals surface area contributed by atoms with Crippen LogP contribution in [0.1, 0.15) is 32.6 Å². The molecule has 0 spiro atoms. The molecule has 1 aromatic carbocycles. The van der Waals surface area contributed by atoms with Gasteiger partial charge in [0, 0.05) is 23.8 Å². The Morgan fingerprint density at radius 1 is 1.21 bits per heavy atom. The SMILES string of the molecule is CCC(=O)Nc1ccc(NC2CCCNCC2)cc1. The lowest BCUT2D eigenvalue weighted by molar-refractivity contribution is -0.115. The lowest BCUT2D eigenvalue weighted by Gasteiger charge is -2.17. The number of carbonyl (C=O) groups is 1. The van der Waals surface area contributed by atoms with Crippen LogP contribution in [0.3, 0.4) is 0 Å². The minimum absolute atomic E-state index is 0.0514. The second-order valence-electron chi connectivity index (χ2n) is 5.00. The van der Waals surface area contributed by atoms with E-state index in [1.807, 2.05) is 31.2 Å². The van der Waals surface area contributed by atoms with Crippen LogP contribution >= 0.6 is 0 Å². The summed E-state index contributed by atoms with van der Waals surface area (Å²) in [7, 11) is 0. The van der Waals surface area contributed by atoms with Gasteiger partial charge < -0.3 is 16.0 Å². The van der Waals surface area contributed by atoms with E-state index in [1.54, 1.807) is 0 Å². The molecule has 4 nitrogen and oxygen atoms in total. The van der Waals surface area contributed by atoms with Crippen molar-refractivity contribution in [2.75, 3.05) is 23.7 Å². The molecule has 1 amide bonds. The van der Waals surface area contributed by atoms with Crippen molar-refractivity contribution < 1.29 is 4.79 Å². The number of amides is 1. The summed E-state index contributed by atoms with van der Waals surface area (Å²) in [5.74, 6) is 0.0514. The highest BCUT2D eigenvalue weighted by Crippen LogP contribution is 2.17. The Balaban J connectivity index is 1.88. The monoisotopic (exact) mass is 261 g/mol. The van der Waals surface area contributed by atoms with E-state index in [0.29, 0.717) is 12.5 Å². The van der Waals surface area contributed by atoms with Crippen molar-refractivity contribution in [3.8, 4) is 0 Å². The van der Waals surface area contributed by atoms with Crippen molar-refractivity contribution in [2.24, 2.45) is 0 Å². The largest absolute Gasteiger partial charge is 0.382 e. The summed E-state index contributed by atoms with van der Waals surface area (Å²) in [6.45, 7) is 4.06. The molecule has 1 aliphatic rings. The lowest BCUT2D eigenvalue weighted by Crippen LogP contribution is -2.21. The number of carbonyl (C=O) groups excluding carboxylic acids is 1. The topological polar surface area (TPSA) is 53.2 Å². The number of rotatable bonds is 4. The summed E-state index contributed by atoms with van der Waals surface area (Å²) in [6, 6.07) is 8.51. The minimum atomic E-state index is 0.0514. The predicted molar refractivity (Wildman–Crippen MR) is 79.5 cm³/mol. The zero-order valence-corrected chi connectivity index (χ0v) is 11.5. The van der Waals surface area contributed by atoms with Crippen molar-refractivity contribution in [1.82, 2.24) is 5.32 Å². The molecule has 1 unspecified atom stereocenters. The number of anilines is 2. The van der Waals surface area contributed by atoms with Gasteiger partial charge in [-0.1, -0.05) is 6.92 Å². The van der Waals surface area contributed by atoms with Crippen LogP contribution in [0.4, 0.5) is 11.4 Å². The zero-order valence-electron chi connectivity index (χ0n) is 11.5. The first-order valence-corrected chi connectivity index (χ1v) is 7.15. The molecule has 0 aliphatic carbocycles. The number of hydrogen-bond donors (Lipinski definition) is 3. The number of benzene rings is 1. The fraction of sp³-hybridized carbons (Fsp3) is 0.533. The van der Waals surface area contributed by atoms with Gasteiger partial charge in [-0.15, -0.1) is 0 Å². The third-order valence-electron chi connectivity index (χ3n) is 3.44. The van der Waals surface area contributed by atoms with Crippen LogP contribution in [0.25, 0.3) is 0 Å². The molecule has 2 rings (SSSR count). The van der Waals surface area contributed by atoms with Crippen LogP contribution in [-0.4, -0.2) is 25.0 Å². The van der Waals surface area contributed by atoms with Crippen LogP contribution in [0.2, 0.25) is 0 Å². The quantitative estimate of drug-likeness (QED) is 0.781. The Kier molecular flexibility index (Phi) is 5.21. The zero-order chi connectivity index (χ0) is 13.5. The maximum Gasteiger partial charge on any atom is 0.224 e. The van der Waals surface area contributed by atoms with E-state index < -0.39 is 0 Å². The lowest BCUT2D eigenvalue weighted by atomic mass is 10.1. The summed E-state index contributed by atoms with van der Waals surface area (Å²) in [4.78, 5) is 11.3. The molecule has 1 aromatic rings. The molecule has 3 N–H and O–H groups in total. The van der Waals surface area contributed by atoms with Gasteiger partial charge in [-0.3, -0.25) is 4.79 Å². The second kappa shape index (κ2) is 7.14. The molecule has 1 fully saturated rings. The average molecular weight is 261 g/mol. The summed E-state index contributed by atoms with van der Waals surface area (Å²) < 4.78 is 0. The van der Waals surface area contributed by atoms with Gasteiger partial charge in [-0.2, -0.15) is 0 Å². The summed E-state index contributed by atoms with van der Waals surface area (Å²) in [6.07, 6.45) is 4.10. The first-order chi connectivity index (χ1) is 9.28. The molecular weight excluding hydrogens is 238 g/mol. The Morgan fingerprint density at radius 3 is 2.68 bits per heavy atom. The highest BCUT2D eigenvalue weighted by Gasteiger charge is 2.11. The number of nitrogens with one attached hydrogen (secondary N) is 3. The summed E-state index contributed by atoms with van der Waals surface area (Å²) >= 11 is 0. The maximum absolute atomic E-state index is 11.3. The van der Waals surface area contributed by atoms with Gasteiger partial charge in [-0.25, -0.2) is 0 Å². The Labute approximate surface area is 115 Å². The highest BCUT2D eigenvalue weighted by molar-refractivity contribution is 5.90. The van der Waals surface area contributed by atoms with Crippen LogP contribution in [-0.2, 0) is 4.79 Å². The molecule has 19 heavy (non-hydrogen) atoms. The molecule has 0 saturated carbocycles. The number of hydrogen-bond acceptors (Lipinski definition) is 3. The maximum atomic E-state index is 11.3. The van der Waals surface area contributed by atoms with E-state index in [4.69, 9.17) is 0 Å². The van der Waals surface area contributed by atoms with Gasteiger partial charge in [0.1, 0.15) is 0 Å². The molecule has 1 aliphatic heterocycles. The molecule has 0 bridgehead atoms. The fourth-order valence-electron chi connectivity index (χ4n) is 2.30. The first-order valence-electron chi connectivity index (χ1n) is 7.15. The average Bonchev–Trinajstić information content (AvgIpc) is 2.69. The molecule has 104 valence electrons. The van der Waals surface area contributed by atoms with Crippen LogP contribution in [0.15, 0.2) is 24.3 Å². The standard InChI is InChI=1S/C15H23N3O/c1-2-15(19)18-14-7-5-13(6-8-14)17-12-4-3-10-16-11-9-12/h5-8,12,16-17H,2-4,9-11H2,1H3,(H,18,19). The van der Waals surface area contributed by atoms with Gasteiger partial charge in [0.25, 0.3) is 0 Å². The van der Waals surface area contributed by atoms with Gasteiger partial charge in [0.2, 0.25) is 5.91 Å². The summed E-state index contributed by atoms with van der Waals surface area (Å²) in [5.41, 5.74) is 1.99. The molecule has 4 heteroatoms. The Hall–Kier alpha value is -1.55. The normalized spacial score (nSPS) is 19.5.